The molecule has 1 aromatic carbocycles. The van der Waals surface area contributed by atoms with Crippen LogP contribution in [0.2, 0.25) is 0 Å². The van der Waals surface area contributed by atoms with Crippen molar-refractivity contribution in [1.82, 2.24) is 9.97 Å². The Morgan fingerprint density at radius 3 is 2.67 bits per heavy atom. The molecule has 2 heterocycles. The first-order valence-electron chi connectivity index (χ1n) is 7.45. The van der Waals surface area contributed by atoms with E-state index < -0.39 is 0 Å². The van der Waals surface area contributed by atoms with Gasteiger partial charge in [0.05, 0.1) is 12.1 Å². The smallest absolute Gasteiger partial charge is 0.276 e. The summed E-state index contributed by atoms with van der Waals surface area (Å²) in [5.74, 6) is 1.10. The topological polar surface area (TPSA) is 64.1 Å². The zero-order valence-corrected chi connectivity index (χ0v) is 14.3. The Kier molecular flexibility index (Phi) is 4.86. The van der Waals surface area contributed by atoms with E-state index in [1.807, 2.05) is 37.3 Å². The normalized spacial score (nSPS) is 10.4. The van der Waals surface area contributed by atoms with Gasteiger partial charge in [-0.25, -0.2) is 9.97 Å². The Hall–Kier alpha value is -2.73. The molecule has 0 atom stereocenters. The lowest BCUT2D eigenvalue weighted by Crippen LogP contribution is -2.13. The van der Waals surface area contributed by atoms with Crippen molar-refractivity contribution in [3.05, 3.63) is 69.8 Å². The van der Waals surface area contributed by atoms with Crippen LogP contribution >= 0.6 is 11.3 Å². The summed E-state index contributed by atoms with van der Waals surface area (Å²) in [6, 6.07) is 11.5. The van der Waals surface area contributed by atoms with Gasteiger partial charge >= 0.3 is 0 Å². The van der Waals surface area contributed by atoms with Crippen molar-refractivity contribution in [2.45, 2.75) is 13.3 Å². The summed E-state index contributed by atoms with van der Waals surface area (Å²) in [4.78, 5) is 20.8. The fourth-order valence-electron chi connectivity index (χ4n) is 2.14. The molecule has 1 N–H and O–H groups in total. The Labute approximate surface area is 144 Å². The number of thiazole rings is 1. The van der Waals surface area contributed by atoms with Crippen LogP contribution in [-0.2, 0) is 6.42 Å². The molecule has 3 rings (SSSR count). The molecule has 2 aromatic heterocycles. The largest absolute Gasteiger partial charge is 0.497 e. The van der Waals surface area contributed by atoms with Crippen molar-refractivity contribution >= 4 is 23.1 Å². The van der Waals surface area contributed by atoms with Gasteiger partial charge in [0, 0.05) is 18.0 Å². The summed E-state index contributed by atoms with van der Waals surface area (Å²) in [5.41, 5.74) is 2.58. The minimum Gasteiger partial charge on any atom is -0.497 e. The van der Waals surface area contributed by atoms with Crippen molar-refractivity contribution in [1.29, 1.82) is 0 Å². The highest BCUT2D eigenvalue weighted by atomic mass is 32.1. The molecule has 0 unspecified atom stereocenters. The van der Waals surface area contributed by atoms with Gasteiger partial charge in [-0.15, -0.1) is 11.3 Å². The van der Waals surface area contributed by atoms with Crippen LogP contribution in [0.1, 0.15) is 26.6 Å². The first kappa shape index (κ1) is 16.1. The molecule has 5 nitrogen and oxygen atoms in total. The maximum atomic E-state index is 12.2. The van der Waals surface area contributed by atoms with Gasteiger partial charge < -0.3 is 10.1 Å². The van der Waals surface area contributed by atoms with E-state index in [2.05, 4.69) is 15.3 Å². The van der Waals surface area contributed by atoms with E-state index in [-0.39, 0.29) is 5.91 Å². The van der Waals surface area contributed by atoms with Crippen LogP contribution in [-0.4, -0.2) is 23.0 Å². The third-order valence-electron chi connectivity index (χ3n) is 3.45. The number of ether oxygens (including phenoxy) is 1. The molecule has 24 heavy (non-hydrogen) atoms. The number of aromatic nitrogens is 2. The maximum absolute atomic E-state index is 12.2. The lowest BCUT2D eigenvalue weighted by molar-refractivity contribution is 0.102. The van der Waals surface area contributed by atoms with E-state index >= 15 is 0 Å². The van der Waals surface area contributed by atoms with Crippen LogP contribution in [0.15, 0.2) is 48.0 Å². The van der Waals surface area contributed by atoms with Gasteiger partial charge in [-0.1, -0.05) is 18.2 Å². The SMILES string of the molecule is COc1ccc(Cc2nc(C(=O)Nc3ccc(C)cn3)cs2)cc1. The van der Waals surface area contributed by atoms with E-state index in [0.29, 0.717) is 17.9 Å². The number of rotatable bonds is 5. The van der Waals surface area contributed by atoms with Crippen LogP contribution in [0, 0.1) is 6.92 Å². The molecule has 0 aliphatic carbocycles. The van der Waals surface area contributed by atoms with Gasteiger partial charge in [0.15, 0.2) is 0 Å². The molecule has 1 amide bonds. The number of aryl methyl sites for hydroxylation is 1. The van der Waals surface area contributed by atoms with Crippen LogP contribution in [0.25, 0.3) is 0 Å². The minimum atomic E-state index is -0.247. The second-order valence-corrected chi connectivity index (χ2v) is 6.27. The van der Waals surface area contributed by atoms with Gasteiger partial charge in [0.2, 0.25) is 0 Å². The lowest BCUT2D eigenvalue weighted by atomic mass is 10.1. The first-order chi connectivity index (χ1) is 11.6. The number of pyridine rings is 1. The third kappa shape index (κ3) is 3.97. The molecular weight excluding hydrogens is 322 g/mol. The Morgan fingerprint density at radius 1 is 1.21 bits per heavy atom. The lowest BCUT2D eigenvalue weighted by Gasteiger charge is -2.02. The predicted octanol–water partition coefficient (Wildman–Crippen LogP) is 3.70. The molecule has 6 heteroatoms. The molecule has 0 spiro atoms. The number of anilines is 1. The van der Waals surface area contributed by atoms with Gasteiger partial charge in [0.25, 0.3) is 5.91 Å². The number of methoxy groups -OCH3 is 1. The molecule has 0 radical (unpaired) electrons. The molecule has 0 fully saturated rings. The summed E-state index contributed by atoms with van der Waals surface area (Å²) in [5, 5.41) is 5.41. The number of carbonyl (C=O) groups excluding carboxylic acids is 1. The minimum absolute atomic E-state index is 0.247. The zero-order valence-electron chi connectivity index (χ0n) is 13.4. The number of hydrogen-bond acceptors (Lipinski definition) is 5. The van der Waals surface area contributed by atoms with Gasteiger partial charge in [-0.2, -0.15) is 0 Å². The highest BCUT2D eigenvalue weighted by molar-refractivity contribution is 7.09. The molecule has 0 aliphatic heterocycles. The van der Waals surface area contributed by atoms with Gasteiger partial charge in [0.1, 0.15) is 17.3 Å². The summed E-state index contributed by atoms with van der Waals surface area (Å²) >= 11 is 1.47. The number of carbonyl (C=O) groups is 1. The van der Waals surface area contributed by atoms with Crippen LogP contribution < -0.4 is 10.1 Å². The van der Waals surface area contributed by atoms with Gasteiger partial charge in [-0.3, -0.25) is 4.79 Å². The van der Waals surface area contributed by atoms with Crippen molar-refractivity contribution in [3.8, 4) is 5.75 Å². The first-order valence-corrected chi connectivity index (χ1v) is 8.33. The molecule has 3 aromatic rings. The molecular formula is C18H17N3O2S. The van der Waals surface area contributed by atoms with Crippen LogP contribution in [0.4, 0.5) is 5.82 Å². The fraction of sp³-hybridized carbons (Fsp3) is 0.167. The van der Waals surface area contributed by atoms with Gasteiger partial charge in [-0.05, 0) is 36.2 Å². The third-order valence-corrected chi connectivity index (χ3v) is 4.30. The van der Waals surface area contributed by atoms with Crippen molar-refractivity contribution in [2.75, 3.05) is 12.4 Å². The van der Waals surface area contributed by atoms with E-state index in [1.54, 1.807) is 24.8 Å². The second-order valence-electron chi connectivity index (χ2n) is 5.33. The molecule has 0 saturated heterocycles. The van der Waals surface area contributed by atoms with E-state index in [1.165, 1.54) is 11.3 Å². The van der Waals surface area contributed by atoms with E-state index in [4.69, 9.17) is 4.74 Å². The quantitative estimate of drug-likeness (QED) is 0.770. The number of amides is 1. The monoisotopic (exact) mass is 339 g/mol. The van der Waals surface area contributed by atoms with Crippen molar-refractivity contribution in [3.63, 3.8) is 0 Å². The number of nitrogens with zero attached hydrogens (tertiary/aromatic N) is 2. The van der Waals surface area contributed by atoms with Crippen LogP contribution in [0.5, 0.6) is 5.75 Å². The maximum Gasteiger partial charge on any atom is 0.276 e. The average Bonchev–Trinajstić information content (AvgIpc) is 3.06. The zero-order chi connectivity index (χ0) is 16.9. The Bertz CT molecular complexity index is 826. The van der Waals surface area contributed by atoms with E-state index in [0.717, 1.165) is 21.9 Å². The standard InChI is InChI=1S/C18H17N3O2S/c1-12-3-8-16(19-10-12)21-18(22)15-11-24-17(20-15)9-13-4-6-14(23-2)7-5-13/h3-8,10-11H,9H2,1-2H3,(H,19,21,22). The van der Waals surface area contributed by atoms with Crippen molar-refractivity contribution in [2.24, 2.45) is 0 Å². The fourth-order valence-corrected chi connectivity index (χ4v) is 2.94. The molecule has 0 bridgehead atoms. The highest BCUT2D eigenvalue weighted by Crippen LogP contribution is 2.18. The van der Waals surface area contributed by atoms with Crippen LogP contribution in [0.3, 0.4) is 0 Å². The molecule has 0 aliphatic rings. The second kappa shape index (κ2) is 7.23. The Morgan fingerprint density at radius 2 is 2.00 bits per heavy atom. The Balaban J connectivity index is 1.65. The number of nitrogens with one attached hydrogen (secondary N) is 1. The number of hydrogen-bond donors (Lipinski definition) is 1. The van der Waals surface area contributed by atoms with Crippen molar-refractivity contribution < 1.29 is 9.53 Å². The summed E-state index contributed by atoms with van der Waals surface area (Å²) < 4.78 is 5.15. The van der Waals surface area contributed by atoms with E-state index in [9.17, 15) is 4.79 Å². The summed E-state index contributed by atoms with van der Waals surface area (Å²) in [7, 11) is 1.64. The summed E-state index contributed by atoms with van der Waals surface area (Å²) in [6.45, 7) is 1.95. The summed E-state index contributed by atoms with van der Waals surface area (Å²) in [6.07, 6.45) is 2.40. The average molecular weight is 339 g/mol. The highest BCUT2D eigenvalue weighted by Gasteiger charge is 2.12. The molecule has 0 saturated carbocycles. The molecule has 122 valence electrons. The predicted molar refractivity (Wildman–Crippen MR) is 94.8 cm³/mol. The number of benzene rings is 1.